The highest BCUT2D eigenvalue weighted by molar-refractivity contribution is 7.99. The zero-order valence-corrected chi connectivity index (χ0v) is 13.1. The molecule has 4 nitrogen and oxygen atoms in total. The van der Waals surface area contributed by atoms with Gasteiger partial charge in [0.1, 0.15) is 5.54 Å². The predicted octanol–water partition coefficient (Wildman–Crippen LogP) is 2.90. The maximum Gasteiger partial charge on any atom is 0.330 e. The molecule has 0 spiro atoms. The lowest BCUT2D eigenvalue weighted by molar-refractivity contribution is -0.143. The van der Waals surface area contributed by atoms with Crippen molar-refractivity contribution in [1.29, 1.82) is 0 Å². The largest absolute Gasteiger partial charge is 0.479 e. The van der Waals surface area contributed by atoms with E-state index in [1.807, 2.05) is 31.2 Å². The number of fused-ring (bicyclic) bond motifs is 1. The first-order valence-electron chi connectivity index (χ1n) is 6.65. The minimum atomic E-state index is -1.12. The van der Waals surface area contributed by atoms with Gasteiger partial charge in [0.05, 0.1) is 4.88 Å². The Morgan fingerprint density at radius 3 is 2.71 bits per heavy atom. The Kier molecular flexibility index (Phi) is 3.67. The van der Waals surface area contributed by atoms with Crippen LogP contribution in [0.1, 0.15) is 21.7 Å². The smallest absolute Gasteiger partial charge is 0.330 e. The molecule has 1 aliphatic heterocycles. The van der Waals surface area contributed by atoms with Crippen LogP contribution in [0.3, 0.4) is 0 Å². The first-order chi connectivity index (χ1) is 10.0. The van der Waals surface area contributed by atoms with Gasteiger partial charge in [-0.1, -0.05) is 18.2 Å². The Morgan fingerprint density at radius 1 is 1.33 bits per heavy atom. The number of carboxylic acid groups (broad SMARTS) is 1. The second-order valence-corrected chi connectivity index (χ2v) is 7.35. The molecular formula is C15H15NO3S2. The number of aryl methyl sites for hydroxylation is 1. The lowest BCUT2D eigenvalue weighted by Gasteiger charge is -2.24. The van der Waals surface area contributed by atoms with Crippen molar-refractivity contribution in [2.75, 3.05) is 11.5 Å². The van der Waals surface area contributed by atoms with E-state index in [4.69, 9.17) is 0 Å². The van der Waals surface area contributed by atoms with Gasteiger partial charge in [0.2, 0.25) is 0 Å². The lowest BCUT2D eigenvalue weighted by atomic mass is 9.99. The van der Waals surface area contributed by atoms with Crippen LogP contribution in [0.5, 0.6) is 0 Å². The zero-order valence-electron chi connectivity index (χ0n) is 11.5. The first-order valence-corrected chi connectivity index (χ1v) is 8.62. The summed E-state index contributed by atoms with van der Waals surface area (Å²) in [7, 11) is 0. The van der Waals surface area contributed by atoms with Crippen molar-refractivity contribution in [2.45, 2.75) is 18.9 Å². The molecule has 1 aromatic carbocycles. The molecule has 2 heterocycles. The number of thiophene rings is 1. The van der Waals surface area contributed by atoms with Gasteiger partial charge < -0.3 is 10.4 Å². The molecule has 1 atom stereocenters. The summed E-state index contributed by atoms with van der Waals surface area (Å²) in [4.78, 5) is 24.7. The molecule has 110 valence electrons. The molecule has 0 aliphatic carbocycles. The molecule has 21 heavy (non-hydrogen) atoms. The molecule has 6 heteroatoms. The minimum Gasteiger partial charge on any atom is -0.479 e. The fraction of sp³-hybridized carbons (Fsp3) is 0.333. The normalized spacial score (nSPS) is 21.6. The van der Waals surface area contributed by atoms with Crippen molar-refractivity contribution >= 4 is 45.1 Å². The Morgan fingerprint density at radius 2 is 2.10 bits per heavy atom. The molecular weight excluding hydrogens is 306 g/mol. The van der Waals surface area contributed by atoms with Gasteiger partial charge in [0.15, 0.2) is 0 Å². The second-order valence-electron chi connectivity index (χ2n) is 5.20. The number of carbonyl (C=O) groups is 2. The van der Waals surface area contributed by atoms with E-state index in [9.17, 15) is 14.7 Å². The zero-order chi connectivity index (χ0) is 15.0. The van der Waals surface area contributed by atoms with E-state index in [2.05, 4.69) is 5.32 Å². The van der Waals surface area contributed by atoms with Crippen molar-refractivity contribution in [2.24, 2.45) is 0 Å². The summed E-state index contributed by atoms with van der Waals surface area (Å²) in [5, 5.41) is 13.3. The van der Waals surface area contributed by atoms with Crippen LogP contribution in [0.2, 0.25) is 0 Å². The minimum absolute atomic E-state index is 0.279. The van der Waals surface area contributed by atoms with E-state index in [0.717, 1.165) is 21.4 Å². The number of thioether (sulfide) groups is 1. The number of carboxylic acids is 1. The summed E-state index contributed by atoms with van der Waals surface area (Å²) >= 11 is 2.98. The first kappa shape index (κ1) is 14.4. The van der Waals surface area contributed by atoms with Gasteiger partial charge >= 0.3 is 5.97 Å². The number of nitrogens with one attached hydrogen (secondary N) is 1. The highest BCUT2D eigenvalue weighted by Gasteiger charge is 2.43. The van der Waals surface area contributed by atoms with E-state index in [1.165, 1.54) is 11.3 Å². The number of rotatable bonds is 3. The molecule has 1 fully saturated rings. The average molecular weight is 321 g/mol. The van der Waals surface area contributed by atoms with Gasteiger partial charge in [-0.3, -0.25) is 4.79 Å². The summed E-state index contributed by atoms with van der Waals surface area (Å²) in [6.45, 7) is 1.91. The maximum absolute atomic E-state index is 12.5. The summed E-state index contributed by atoms with van der Waals surface area (Å²) < 4.78 is 1.05. The number of amides is 1. The monoisotopic (exact) mass is 321 g/mol. The van der Waals surface area contributed by atoms with Crippen LogP contribution in [-0.4, -0.2) is 34.0 Å². The summed E-state index contributed by atoms with van der Waals surface area (Å²) in [5.74, 6) is -0.0334. The quantitative estimate of drug-likeness (QED) is 0.912. The number of carbonyl (C=O) groups excluding carboxylic acids is 1. The van der Waals surface area contributed by atoms with Gasteiger partial charge in [-0.05, 0) is 36.1 Å². The van der Waals surface area contributed by atoms with Crippen LogP contribution < -0.4 is 5.32 Å². The van der Waals surface area contributed by atoms with Crippen LogP contribution in [0.25, 0.3) is 10.1 Å². The highest BCUT2D eigenvalue weighted by Crippen LogP contribution is 2.33. The molecule has 0 radical (unpaired) electrons. The van der Waals surface area contributed by atoms with E-state index in [0.29, 0.717) is 17.1 Å². The Balaban J connectivity index is 1.94. The predicted molar refractivity (Wildman–Crippen MR) is 86.3 cm³/mol. The maximum atomic E-state index is 12.5. The summed E-state index contributed by atoms with van der Waals surface area (Å²) in [6.07, 6.45) is 0.475. The number of benzene rings is 1. The molecule has 1 aromatic heterocycles. The Hall–Kier alpha value is -1.53. The van der Waals surface area contributed by atoms with Crippen molar-refractivity contribution in [1.82, 2.24) is 5.32 Å². The SMILES string of the molecule is Cc1c(C(=O)N[C@@]2(C(=O)O)CCSC2)sc2ccccc12. The molecule has 0 unspecified atom stereocenters. The molecule has 0 saturated carbocycles. The third-order valence-corrected chi connectivity index (χ3v) is 6.30. The van der Waals surface area contributed by atoms with E-state index in [-0.39, 0.29) is 5.91 Å². The van der Waals surface area contributed by atoms with E-state index >= 15 is 0 Å². The standard InChI is InChI=1S/C15H15NO3S2/c1-9-10-4-2-3-5-11(10)21-12(9)13(17)16-15(14(18)19)6-7-20-8-15/h2-5H,6-8H2,1H3,(H,16,17)(H,18,19)/t15-/m0/s1. The van der Waals surface area contributed by atoms with Crippen LogP contribution >= 0.6 is 23.1 Å². The summed E-state index contributed by atoms with van der Waals surface area (Å²) in [5.41, 5.74) is -0.205. The van der Waals surface area contributed by atoms with E-state index < -0.39 is 11.5 Å². The molecule has 0 bridgehead atoms. The fourth-order valence-corrected chi connectivity index (χ4v) is 4.98. The van der Waals surface area contributed by atoms with Crippen LogP contribution in [0.15, 0.2) is 24.3 Å². The van der Waals surface area contributed by atoms with Gasteiger partial charge in [0.25, 0.3) is 5.91 Å². The van der Waals surface area contributed by atoms with Gasteiger partial charge in [-0.15, -0.1) is 11.3 Å². The van der Waals surface area contributed by atoms with Gasteiger partial charge in [0, 0.05) is 10.5 Å². The average Bonchev–Trinajstić information content (AvgIpc) is 3.05. The van der Waals surface area contributed by atoms with Crippen molar-refractivity contribution in [3.63, 3.8) is 0 Å². The second kappa shape index (κ2) is 5.35. The molecule has 1 amide bonds. The number of hydrogen-bond acceptors (Lipinski definition) is 4. The van der Waals surface area contributed by atoms with Crippen LogP contribution in [-0.2, 0) is 4.79 Å². The fourth-order valence-electron chi connectivity index (χ4n) is 2.55. The third-order valence-electron chi connectivity index (χ3n) is 3.83. The number of aliphatic carboxylic acids is 1. The highest BCUT2D eigenvalue weighted by atomic mass is 32.2. The van der Waals surface area contributed by atoms with Crippen LogP contribution in [0, 0.1) is 6.92 Å². The molecule has 2 aromatic rings. The molecule has 3 rings (SSSR count). The van der Waals surface area contributed by atoms with Gasteiger partial charge in [-0.25, -0.2) is 4.79 Å². The van der Waals surface area contributed by atoms with Crippen molar-refractivity contribution < 1.29 is 14.7 Å². The Labute approximate surface area is 130 Å². The summed E-state index contributed by atoms with van der Waals surface area (Å²) in [6, 6.07) is 7.83. The Bertz CT molecular complexity index is 717. The third kappa shape index (κ3) is 2.42. The molecule has 1 saturated heterocycles. The lowest BCUT2D eigenvalue weighted by Crippen LogP contribution is -2.54. The van der Waals surface area contributed by atoms with Crippen molar-refractivity contribution in [3.05, 3.63) is 34.7 Å². The number of hydrogen-bond donors (Lipinski definition) is 2. The van der Waals surface area contributed by atoms with E-state index in [1.54, 1.807) is 11.8 Å². The van der Waals surface area contributed by atoms with Crippen molar-refractivity contribution in [3.8, 4) is 0 Å². The molecule has 2 N–H and O–H groups in total. The van der Waals surface area contributed by atoms with Crippen LogP contribution in [0.4, 0.5) is 0 Å². The topological polar surface area (TPSA) is 66.4 Å². The van der Waals surface area contributed by atoms with Gasteiger partial charge in [-0.2, -0.15) is 11.8 Å². The molecule has 1 aliphatic rings.